The smallest absolute Gasteiger partial charge is 0.249 e. The molecule has 3 atom stereocenters. The molecule has 0 saturated heterocycles. The molecular weight excluding hydrogens is 847 g/mol. The fourth-order valence-corrected chi connectivity index (χ4v) is 10.2. The van der Waals surface area contributed by atoms with Crippen molar-refractivity contribution in [2.24, 2.45) is 0 Å². The Morgan fingerprint density at radius 1 is 0.348 bits per heavy atom. The molecule has 5 heteroatoms. The van der Waals surface area contributed by atoms with Crippen LogP contribution in [0.5, 0.6) is 0 Å². The van der Waals surface area contributed by atoms with Gasteiger partial charge in [0, 0.05) is 0 Å². The minimum Gasteiger partial charge on any atom is -0.394 e. The van der Waals surface area contributed by atoms with Gasteiger partial charge in [0.05, 0.1) is 18.8 Å². The summed E-state index contributed by atoms with van der Waals surface area (Å²) < 4.78 is 0. The molecule has 0 heterocycles. The summed E-state index contributed by atoms with van der Waals surface area (Å²) in [5, 5.41) is 33.6. The number of hydrogen-bond donors (Lipinski definition) is 4. The monoisotopic (exact) mass is 972 g/mol. The molecule has 0 aromatic carbocycles. The van der Waals surface area contributed by atoms with Crippen LogP contribution in [-0.4, -0.2) is 46.1 Å². The van der Waals surface area contributed by atoms with Crippen molar-refractivity contribution in [2.45, 2.75) is 372 Å². The van der Waals surface area contributed by atoms with Crippen molar-refractivity contribution in [3.63, 3.8) is 0 Å². The molecule has 0 rings (SSSR count). The summed E-state index contributed by atoms with van der Waals surface area (Å²) >= 11 is 0. The van der Waals surface area contributed by atoms with Crippen LogP contribution in [0.1, 0.15) is 354 Å². The maximum absolute atomic E-state index is 12.6. The molecule has 69 heavy (non-hydrogen) atoms. The Balaban J connectivity index is 3.46. The van der Waals surface area contributed by atoms with Crippen molar-refractivity contribution >= 4 is 5.91 Å². The molecule has 5 nitrogen and oxygen atoms in total. The highest BCUT2D eigenvalue weighted by atomic mass is 16.3. The van der Waals surface area contributed by atoms with Gasteiger partial charge in [-0.1, -0.05) is 334 Å². The van der Waals surface area contributed by atoms with Gasteiger partial charge in [-0.05, 0) is 44.9 Å². The Kier molecular flexibility index (Phi) is 58.4. The second kappa shape index (κ2) is 59.4. The summed E-state index contributed by atoms with van der Waals surface area (Å²) in [5.74, 6) is -0.465. The molecule has 0 bridgehead atoms. The van der Waals surface area contributed by atoms with Crippen LogP contribution in [0.3, 0.4) is 0 Å². The molecule has 0 spiro atoms. The topological polar surface area (TPSA) is 89.8 Å². The average Bonchev–Trinajstić information content (AvgIpc) is 3.35. The highest BCUT2D eigenvalue weighted by Gasteiger charge is 2.23. The molecule has 410 valence electrons. The van der Waals surface area contributed by atoms with Crippen LogP contribution in [0.15, 0.2) is 24.3 Å². The zero-order chi connectivity index (χ0) is 50.0. The Labute approximate surface area is 432 Å². The highest BCUT2D eigenvalue weighted by molar-refractivity contribution is 5.80. The maximum atomic E-state index is 12.6. The van der Waals surface area contributed by atoms with Gasteiger partial charge in [0.1, 0.15) is 6.10 Å². The van der Waals surface area contributed by atoms with Crippen LogP contribution in [-0.2, 0) is 4.79 Å². The Morgan fingerprint density at radius 2 is 0.594 bits per heavy atom. The lowest BCUT2D eigenvalue weighted by Crippen LogP contribution is -2.49. The maximum Gasteiger partial charge on any atom is 0.249 e. The van der Waals surface area contributed by atoms with E-state index in [0.29, 0.717) is 12.8 Å². The molecule has 0 saturated carbocycles. The lowest BCUT2D eigenvalue weighted by atomic mass is 10.0. The van der Waals surface area contributed by atoms with Crippen LogP contribution in [0, 0.1) is 0 Å². The fourth-order valence-electron chi connectivity index (χ4n) is 10.2. The van der Waals surface area contributed by atoms with Crippen molar-refractivity contribution in [2.75, 3.05) is 6.61 Å². The minimum absolute atomic E-state index is 0.310. The summed E-state index contributed by atoms with van der Waals surface area (Å²) in [6.07, 6.45) is 76.9. The number of aliphatic hydroxyl groups is 3. The van der Waals surface area contributed by atoms with E-state index in [0.717, 1.165) is 38.5 Å². The summed E-state index contributed by atoms with van der Waals surface area (Å²) in [6, 6.07) is -0.711. The first-order chi connectivity index (χ1) is 34.1. The third-order valence-corrected chi connectivity index (χ3v) is 15.1. The number of carbonyl (C=O) groups is 1. The minimum atomic E-state index is -1.07. The van der Waals surface area contributed by atoms with Crippen molar-refractivity contribution < 1.29 is 20.1 Å². The van der Waals surface area contributed by atoms with Gasteiger partial charge >= 0.3 is 0 Å². The molecule has 4 N–H and O–H groups in total. The molecule has 0 radical (unpaired) electrons. The van der Waals surface area contributed by atoms with Crippen LogP contribution in [0.2, 0.25) is 0 Å². The number of hydrogen-bond acceptors (Lipinski definition) is 4. The number of allylic oxidation sites excluding steroid dienone is 4. The van der Waals surface area contributed by atoms with Crippen molar-refractivity contribution in [3.8, 4) is 0 Å². The summed E-state index contributed by atoms with van der Waals surface area (Å²) in [7, 11) is 0. The third kappa shape index (κ3) is 54.4. The van der Waals surface area contributed by atoms with E-state index in [1.807, 2.05) is 0 Å². The fraction of sp³-hybridized carbons (Fsp3) is 0.922. The lowest BCUT2D eigenvalue weighted by Gasteiger charge is -2.23. The van der Waals surface area contributed by atoms with Gasteiger partial charge in [-0.25, -0.2) is 0 Å². The number of rotatable bonds is 59. The molecule has 0 aromatic rings. The molecule has 0 aliphatic rings. The normalized spacial score (nSPS) is 13.3. The molecule has 0 aliphatic heterocycles. The van der Waals surface area contributed by atoms with Crippen molar-refractivity contribution in [1.82, 2.24) is 5.32 Å². The Hall–Kier alpha value is -1.17. The Morgan fingerprint density at radius 3 is 0.870 bits per heavy atom. The predicted molar refractivity (Wildman–Crippen MR) is 305 cm³/mol. The van der Waals surface area contributed by atoms with E-state index in [9.17, 15) is 20.1 Å². The Bertz CT molecular complexity index is 1030. The van der Waals surface area contributed by atoms with Gasteiger partial charge in [-0.15, -0.1) is 0 Å². The second-order valence-corrected chi connectivity index (χ2v) is 22.0. The van der Waals surface area contributed by atoms with Gasteiger partial charge in [0.25, 0.3) is 0 Å². The SMILES string of the molecule is CCCCCCCCCCCCCCCCC/C=C\C/C=C\CCCCCCCCCCCCCCCCCCC(O)C(=O)NC(CO)C(O)CCCCCCCCCCCCCCCCCCC. The molecule has 3 unspecified atom stereocenters. The van der Waals surface area contributed by atoms with E-state index in [2.05, 4.69) is 43.5 Å². The van der Waals surface area contributed by atoms with Gasteiger partial charge in [0.15, 0.2) is 0 Å². The van der Waals surface area contributed by atoms with Gasteiger partial charge in [0.2, 0.25) is 5.91 Å². The van der Waals surface area contributed by atoms with Crippen LogP contribution < -0.4 is 5.32 Å². The highest BCUT2D eigenvalue weighted by Crippen LogP contribution is 2.18. The zero-order valence-electron chi connectivity index (χ0n) is 47.0. The van der Waals surface area contributed by atoms with Gasteiger partial charge in [-0.3, -0.25) is 4.79 Å². The van der Waals surface area contributed by atoms with E-state index in [1.165, 1.54) is 289 Å². The standard InChI is InChI=1S/C64H125NO4/c1-3-5-7-9-11-13-15-17-19-21-22-23-24-25-26-27-28-29-30-31-32-33-34-35-36-37-38-39-40-41-43-45-47-49-51-53-55-57-59-63(68)64(69)65-61(60-66)62(67)58-56-54-52-50-48-46-44-42-20-18-16-14-12-10-8-6-4-2/h28-29,31-32,61-63,66-68H,3-27,30,33-60H2,1-2H3,(H,65,69)/b29-28-,32-31-. The number of amides is 1. The second-order valence-electron chi connectivity index (χ2n) is 22.0. The quantitative estimate of drug-likeness (QED) is 0.0361. The summed E-state index contributed by atoms with van der Waals surface area (Å²) in [6.45, 7) is 4.27. The summed E-state index contributed by atoms with van der Waals surface area (Å²) in [5.41, 5.74) is 0. The number of carbonyl (C=O) groups excluding carboxylic acids is 1. The number of nitrogens with one attached hydrogen (secondary N) is 1. The number of unbranched alkanes of at least 4 members (excludes halogenated alkanes) is 47. The van der Waals surface area contributed by atoms with E-state index >= 15 is 0 Å². The largest absolute Gasteiger partial charge is 0.394 e. The first kappa shape index (κ1) is 67.8. The van der Waals surface area contributed by atoms with Gasteiger partial charge in [-0.2, -0.15) is 0 Å². The van der Waals surface area contributed by atoms with E-state index in [1.54, 1.807) is 0 Å². The van der Waals surface area contributed by atoms with Crippen molar-refractivity contribution in [3.05, 3.63) is 24.3 Å². The first-order valence-corrected chi connectivity index (χ1v) is 31.6. The average molecular weight is 973 g/mol. The predicted octanol–water partition coefficient (Wildman–Crippen LogP) is 20.0. The van der Waals surface area contributed by atoms with Crippen LogP contribution in [0.25, 0.3) is 0 Å². The zero-order valence-corrected chi connectivity index (χ0v) is 47.0. The summed E-state index contributed by atoms with van der Waals surface area (Å²) in [4.78, 5) is 12.6. The van der Waals surface area contributed by atoms with Crippen LogP contribution >= 0.6 is 0 Å². The molecular formula is C64H125NO4. The first-order valence-electron chi connectivity index (χ1n) is 31.6. The third-order valence-electron chi connectivity index (χ3n) is 15.1. The van der Waals surface area contributed by atoms with Gasteiger partial charge < -0.3 is 20.6 Å². The molecule has 1 amide bonds. The van der Waals surface area contributed by atoms with E-state index in [4.69, 9.17) is 0 Å². The van der Waals surface area contributed by atoms with Crippen molar-refractivity contribution in [1.29, 1.82) is 0 Å². The molecule has 0 aromatic heterocycles. The lowest BCUT2D eigenvalue weighted by molar-refractivity contribution is -0.131. The van der Waals surface area contributed by atoms with E-state index in [-0.39, 0.29) is 6.61 Å². The number of aliphatic hydroxyl groups excluding tert-OH is 3. The molecule has 0 fully saturated rings. The van der Waals surface area contributed by atoms with Crippen LogP contribution in [0.4, 0.5) is 0 Å². The van der Waals surface area contributed by atoms with E-state index < -0.39 is 24.2 Å². The molecule has 0 aliphatic carbocycles.